The van der Waals surface area contributed by atoms with E-state index in [4.69, 9.17) is 10.6 Å². The summed E-state index contributed by atoms with van der Waals surface area (Å²) >= 11 is 0. The number of benzene rings is 1. The molecule has 1 rings (SSSR count). The van der Waals surface area contributed by atoms with E-state index in [0.29, 0.717) is 6.61 Å². The first-order valence-corrected chi connectivity index (χ1v) is 5.30. The highest BCUT2D eigenvalue weighted by molar-refractivity contribution is 5.76. The topological polar surface area (TPSA) is 55.6 Å². The van der Waals surface area contributed by atoms with Crippen molar-refractivity contribution < 1.29 is 9.53 Å². The summed E-state index contributed by atoms with van der Waals surface area (Å²) in [6, 6.07) is 8.15. The number of carbonyl (C=O) groups is 1. The van der Waals surface area contributed by atoms with Gasteiger partial charge in [-0.1, -0.05) is 31.2 Å². The van der Waals surface area contributed by atoms with Crippen molar-refractivity contribution in [1.29, 1.82) is 0 Å². The summed E-state index contributed by atoms with van der Waals surface area (Å²) in [5, 5.41) is 1.03. The number of ether oxygens (including phenoxy) is 1. The molecule has 2 N–H and O–H groups in total. The van der Waals surface area contributed by atoms with Crippen LogP contribution in [0, 0.1) is 0 Å². The number of hydrogen-bond donors (Lipinski definition) is 1. The number of carbonyl (C=O) groups excluding carboxylic acids is 1. The van der Waals surface area contributed by atoms with Crippen LogP contribution in [0.4, 0.5) is 0 Å². The summed E-state index contributed by atoms with van der Waals surface area (Å²) in [5.74, 6) is 5.03. The van der Waals surface area contributed by atoms with Crippen molar-refractivity contribution in [1.82, 2.24) is 5.01 Å². The van der Waals surface area contributed by atoms with E-state index in [0.717, 1.165) is 17.0 Å². The normalized spacial score (nSPS) is 10.2. The molecule has 0 saturated heterocycles. The number of nitrogens with zero attached hydrogens (tertiary/aromatic N) is 1. The average molecular weight is 222 g/mol. The molecular formula is C12H18N2O2. The van der Waals surface area contributed by atoms with Crippen molar-refractivity contribution in [2.45, 2.75) is 20.0 Å². The number of nitrogens with two attached hydrogens (primary N) is 1. The number of aryl methyl sites for hydroxylation is 1. The summed E-state index contributed by atoms with van der Waals surface area (Å²) in [6.07, 6.45) is 1.03. The lowest BCUT2D eigenvalue weighted by molar-refractivity contribution is -0.135. The first-order chi connectivity index (χ1) is 7.63. The van der Waals surface area contributed by atoms with Crippen molar-refractivity contribution in [3.63, 3.8) is 0 Å². The van der Waals surface area contributed by atoms with E-state index in [-0.39, 0.29) is 12.5 Å². The number of rotatable bonds is 5. The Morgan fingerprint density at radius 2 is 1.88 bits per heavy atom. The standard InChI is InChI=1S/C12H18N2O2/c1-3-10-4-6-11(7-5-10)8-16-9-12(15)14(2)13/h4-7H,3,8-9,13H2,1-2H3. The molecule has 0 aromatic heterocycles. The monoisotopic (exact) mass is 222 g/mol. The Hall–Kier alpha value is -1.39. The Morgan fingerprint density at radius 1 is 1.31 bits per heavy atom. The highest BCUT2D eigenvalue weighted by Gasteiger charge is 2.03. The van der Waals surface area contributed by atoms with Crippen molar-refractivity contribution >= 4 is 5.91 Å². The molecule has 1 amide bonds. The second kappa shape index (κ2) is 6.25. The van der Waals surface area contributed by atoms with Crippen LogP contribution in [0.5, 0.6) is 0 Å². The molecule has 0 heterocycles. The fourth-order valence-electron chi connectivity index (χ4n) is 1.23. The molecule has 0 radical (unpaired) electrons. The van der Waals surface area contributed by atoms with Gasteiger partial charge in [-0.15, -0.1) is 0 Å². The van der Waals surface area contributed by atoms with E-state index in [1.54, 1.807) is 0 Å². The first-order valence-electron chi connectivity index (χ1n) is 5.30. The van der Waals surface area contributed by atoms with Crippen LogP contribution in [-0.4, -0.2) is 24.6 Å². The molecule has 88 valence electrons. The van der Waals surface area contributed by atoms with E-state index in [1.807, 2.05) is 12.1 Å². The predicted molar refractivity (Wildman–Crippen MR) is 62.4 cm³/mol. The van der Waals surface area contributed by atoms with Crippen LogP contribution in [0.15, 0.2) is 24.3 Å². The largest absolute Gasteiger partial charge is 0.367 e. The zero-order valence-electron chi connectivity index (χ0n) is 9.77. The van der Waals surface area contributed by atoms with E-state index in [9.17, 15) is 4.79 Å². The van der Waals surface area contributed by atoms with Crippen LogP contribution in [0.25, 0.3) is 0 Å². The lowest BCUT2D eigenvalue weighted by atomic mass is 10.1. The maximum atomic E-state index is 11.1. The molecule has 0 aliphatic heterocycles. The minimum atomic E-state index is -0.231. The van der Waals surface area contributed by atoms with Crippen LogP contribution in [-0.2, 0) is 22.6 Å². The first kappa shape index (κ1) is 12.7. The average Bonchev–Trinajstić information content (AvgIpc) is 2.29. The summed E-state index contributed by atoms with van der Waals surface area (Å²) in [7, 11) is 1.50. The lowest BCUT2D eigenvalue weighted by Crippen LogP contribution is -2.35. The molecule has 0 saturated carbocycles. The van der Waals surface area contributed by atoms with E-state index in [1.165, 1.54) is 12.6 Å². The van der Waals surface area contributed by atoms with Gasteiger partial charge in [0.1, 0.15) is 6.61 Å². The van der Waals surface area contributed by atoms with Gasteiger partial charge in [-0.3, -0.25) is 9.80 Å². The van der Waals surface area contributed by atoms with Gasteiger partial charge in [-0.25, -0.2) is 5.84 Å². The van der Waals surface area contributed by atoms with Crippen LogP contribution >= 0.6 is 0 Å². The van der Waals surface area contributed by atoms with Gasteiger partial charge in [0.25, 0.3) is 5.91 Å². The predicted octanol–water partition coefficient (Wildman–Crippen LogP) is 1.10. The third-order valence-electron chi connectivity index (χ3n) is 2.32. The molecule has 0 spiro atoms. The molecule has 0 unspecified atom stereocenters. The van der Waals surface area contributed by atoms with Crippen molar-refractivity contribution in [2.24, 2.45) is 5.84 Å². The molecule has 4 heteroatoms. The zero-order valence-corrected chi connectivity index (χ0v) is 9.77. The Labute approximate surface area is 96.0 Å². The van der Waals surface area contributed by atoms with Gasteiger partial charge >= 0.3 is 0 Å². The van der Waals surface area contributed by atoms with Gasteiger partial charge in [-0.2, -0.15) is 0 Å². The second-order valence-electron chi connectivity index (χ2n) is 3.67. The molecule has 0 aliphatic carbocycles. The zero-order chi connectivity index (χ0) is 12.0. The van der Waals surface area contributed by atoms with Crippen molar-refractivity contribution in [3.05, 3.63) is 35.4 Å². The Morgan fingerprint density at radius 3 is 2.38 bits per heavy atom. The molecule has 0 fully saturated rings. The van der Waals surface area contributed by atoms with Gasteiger partial charge in [0.05, 0.1) is 6.61 Å². The minimum absolute atomic E-state index is 0.0164. The number of hydrazine groups is 1. The molecular weight excluding hydrogens is 204 g/mol. The summed E-state index contributed by atoms with van der Waals surface area (Å²) in [4.78, 5) is 11.1. The van der Waals surface area contributed by atoms with Crippen molar-refractivity contribution in [3.8, 4) is 0 Å². The van der Waals surface area contributed by atoms with Crippen LogP contribution in [0.2, 0.25) is 0 Å². The van der Waals surface area contributed by atoms with Crippen molar-refractivity contribution in [2.75, 3.05) is 13.7 Å². The van der Waals surface area contributed by atoms with Gasteiger partial charge < -0.3 is 4.74 Å². The molecule has 0 bridgehead atoms. The maximum Gasteiger partial charge on any atom is 0.262 e. The highest BCUT2D eigenvalue weighted by atomic mass is 16.5. The molecule has 0 atom stereocenters. The summed E-state index contributed by atoms with van der Waals surface area (Å²) in [6.45, 7) is 2.56. The van der Waals surface area contributed by atoms with E-state index < -0.39 is 0 Å². The van der Waals surface area contributed by atoms with Gasteiger partial charge in [0, 0.05) is 7.05 Å². The Kier molecular flexibility index (Phi) is 4.95. The van der Waals surface area contributed by atoms with Crippen LogP contribution in [0.1, 0.15) is 18.1 Å². The maximum absolute atomic E-state index is 11.1. The molecule has 4 nitrogen and oxygen atoms in total. The Bertz CT molecular complexity index is 333. The highest BCUT2D eigenvalue weighted by Crippen LogP contribution is 2.06. The number of hydrogen-bond acceptors (Lipinski definition) is 3. The Balaban J connectivity index is 2.34. The number of amides is 1. The quantitative estimate of drug-likeness (QED) is 0.461. The molecule has 1 aromatic rings. The SMILES string of the molecule is CCc1ccc(COCC(=O)N(C)N)cc1. The second-order valence-corrected chi connectivity index (χ2v) is 3.67. The van der Waals surface area contributed by atoms with E-state index >= 15 is 0 Å². The fourth-order valence-corrected chi connectivity index (χ4v) is 1.23. The van der Waals surface area contributed by atoms with Gasteiger partial charge in [0.15, 0.2) is 0 Å². The van der Waals surface area contributed by atoms with Gasteiger partial charge in [-0.05, 0) is 17.5 Å². The molecule has 16 heavy (non-hydrogen) atoms. The van der Waals surface area contributed by atoms with Crippen LogP contribution < -0.4 is 5.84 Å². The summed E-state index contributed by atoms with van der Waals surface area (Å²) in [5.41, 5.74) is 2.35. The summed E-state index contributed by atoms with van der Waals surface area (Å²) < 4.78 is 5.25. The smallest absolute Gasteiger partial charge is 0.262 e. The third kappa shape index (κ3) is 4.00. The number of likely N-dealkylation sites (N-methyl/N-ethyl adjacent to an activating group) is 1. The minimum Gasteiger partial charge on any atom is -0.367 e. The fraction of sp³-hybridized carbons (Fsp3) is 0.417. The third-order valence-corrected chi connectivity index (χ3v) is 2.32. The lowest BCUT2D eigenvalue weighted by Gasteiger charge is -2.10. The van der Waals surface area contributed by atoms with Gasteiger partial charge in [0.2, 0.25) is 0 Å². The molecule has 0 aliphatic rings. The van der Waals surface area contributed by atoms with Crippen LogP contribution in [0.3, 0.4) is 0 Å². The van der Waals surface area contributed by atoms with E-state index in [2.05, 4.69) is 19.1 Å². The molecule has 1 aromatic carbocycles.